The number of hydrogen-bond donors (Lipinski definition) is 2. The van der Waals surface area contributed by atoms with Crippen molar-refractivity contribution in [2.24, 2.45) is 0 Å². The van der Waals surface area contributed by atoms with E-state index in [9.17, 15) is 14.7 Å². The van der Waals surface area contributed by atoms with Crippen LogP contribution in [0.3, 0.4) is 0 Å². The molecular weight excluding hydrogens is 274 g/mol. The molecule has 1 saturated heterocycles. The maximum atomic E-state index is 12.3. The summed E-state index contributed by atoms with van der Waals surface area (Å²) in [6, 6.07) is -0.103. The van der Waals surface area contributed by atoms with Gasteiger partial charge in [-0.15, -0.1) is 5.10 Å². The lowest BCUT2D eigenvalue weighted by atomic mass is 10.0. The van der Waals surface area contributed by atoms with Gasteiger partial charge in [-0.2, -0.15) is 0 Å². The number of piperidine rings is 1. The maximum Gasteiger partial charge on any atom is 0.244 e. The van der Waals surface area contributed by atoms with Crippen molar-refractivity contribution in [3.8, 4) is 0 Å². The van der Waals surface area contributed by atoms with Crippen LogP contribution >= 0.6 is 0 Å². The number of carbonyl (C=O) groups excluding carboxylic acids is 2. The number of carbonyl (C=O) groups is 2. The topological polar surface area (TPSA) is 100 Å². The number of anilines is 1. The van der Waals surface area contributed by atoms with Crippen LogP contribution in [0.2, 0.25) is 0 Å². The molecule has 1 aromatic heterocycles. The number of aliphatic hydroxyl groups excluding tert-OH is 1. The van der Waals surface area contributed by atoms with E-state index in [0.29, 0.717) is 18.8 Å². The van der Waals surface area contributed by atoms with Gasteiger partial charge in [0, 0.05) is 13.0 Å². The Labute approximate surface area is 123 Å². The Balaban J connectivity index is 1.94. The molecule has 2 heterocycles. The average molecular weight is 295 g/mol. The number of likely N-dealkylation sites (tertiary alicyclic amines) is 1. The molecule has 1 unspecified atom stereocenters. The molecule has 2 N–H and O–H groups in total. The van der Waals surface area contributed by atoms with Gasteiger partial charge < -0.3 is 15.3 Å². The van der Waals surface area contributed by atoms with E-state index in [0.717, 1.165) is 19.3 Å². The number of amides is 2. The lowest BCUT2D eigenvalue weighted by molar-refractivity contribution is -0.136. The molecule has 21 heavy (non-hydrogen) atoms. The smallest absolute Gasteiger partial charge is 0.244 e. The minimum atomic E-state index is -0.148. The predicted molar refractivity (Wildman–Crippen MR) is 75.4 cm³/mol. The van der Waals surface area contributed by atoms with Crippen LogP contribution in [0.15, 0.2) is 6.20 Å². The van der Waals surface area contributed by atoms with Gasteiger partial charge in [0.1, 0.15) is 6.54 Å². The van der Waals surface area contributed by atoms with Crippen LogP contribution in [0.5, 0.6) is 0 Å². The Hall–Kier alpha value is -1.96. The zero-order valence-electron chi connectivity index (χ0n) is 12.2. The molecule has 1 atom stereocenters. The van der Waals surface area contributed by atoms with Gasteiger partial charge in [-0.05, 0) is 19.3 Å². The van der Waals surface area contributed by atoms with E-state index in [1.165, 1.54) is 10.9 Å². The van der Waals surface area contributed by atoms with Gasteiger partial charge in [0.2, 0.25) is 11.8 Å². The third-order valence-electron chi connectivity index (χ3n) is 3.58. The number of aliphatic hydroxyl groups is 1. The first-order valence-electron chi connectivity index (χ1n) is 7.24. The Morgan fingerprint density at radius 1 is 1.48 bits per heavy atom. The Morgan fingerprint density at radius 2 is 2.29 bits per heavy atom. The van der Waals surface area contributed by atoms with Gasteiger partial charge in [0.05, 0.1) is 18.8 Å². The van der Waals surface area contributed by atoms with E-state index in [4.69, 9.17) is 0 Å². The van der Waals surface area contributed by atoms with E-state index in [-0.39, 0.29) is 31.0 Å². The van der Waals surface area contributed by atoms with Gasteiger partial charge in [0.25, 0.3) is 0 Å². The average Bonchev–Trinajstić information content (AvgIpc) is 2.93. The summed E-state index contributed by atoms with van der Waals surface area (Å²) in [5.41, 5.74) is 0. The monoisotopic (exact) mass is 295 g/mol. The number of hydrogen-bond acceptors (Lipinski definition) is 5. The molecule has 0 spiro atoms. The molecule has 2 rings (SSSR count). The minimum absolute atomic E-state index is 0.0130. The van der Waals surface area contributed by atoms with Crippen LogP contribution in [-0.2, 0) is 16.1 Å². The lowest BCUT2D eigenvalue weighted by Crippen LogP contribution is -2.47. The minimum Gasteiger partial charge on any atom is -0.394 e. The second kappa shape index (κ2) is 7.16. The zero-order chi connectivity index (χ0) is 15.2. The van der Waals surface area contributed by atoms with Crippen LogP contribution in [0, 0.1) is 0 Å². The predicted octanol–water partition coefficient (Wildman–Crippen LogP) is 0.000000000000000278. The van der Waals surface area contributed by atoms with Crippen molar-refractivity contribution in [2.75, 3.05) is 18.5 Å². The van der Waals surface area contributed by atoms with Gasteiger partial charge in [0.15, 0.2) is 5.82 Å². The fourth-order valence-corrected chi connectivity index (χ4v) is 2.41. The molecule has 0 saturated carbocycles. The molecule has 8 heteroatoms. The molecule has 1 fully saturated rings. The van der Waals surface area contributed by atoms with E-state index in [1.807, 2.05) is 0 Å². The van der Waals surface area contributed by atoms with Crippen molar-refractivity contribution in [1.82, 2.24) is 19.9 Å². The summed E-state index contributed by atoms with van der Waals surface area (Å²) in [7, 11) is 0. The third-order valence-corrected chi connectivity index (χ3v) is 3.58. The Kier molecular flexibility index (Phi) is 5.26. The fourth-order valence-electron chi connectivity index (χ4n) is 2.41. The molecule has 0 bridgehead atoms. The summed E-state index contributed by atoms with van der Waals surface area (Å²) >= 11 is 0. The second-order valence-corrected chi connectivity index (χ2v) is 5.12. The molecule has 8 nitrogen and oxygen atoms in total. The molecule has 0 aliphatic carbocycles. The number of nitrogens with one attached hydrogen (secondary N) is 1. The molecule has 1 aliphatic rings. The quantitative estimate of drug-likeness (QED) is 0.796. The molecule has 2 amide bonds. The summed E-state index contributed by atoms with van der Waals surface area (Å²) < 4.78 is 1.40. The summed E-state index contributed by atoms with van der Waals surface area (Å²) in [6.07, 6.45) is 4.71. The van der Waals surface area contributed by atoms with E-state index >= 15 is 0 Å². The van der Waals surface area contributed by atoms with Crippen molar-refractivity contribution >= 4 is 17.6 Å². The third kappa shape index (κ3) is 4.01. The van der Waals surface area contributed by atoms with Crippen molar-refractivity contribution in [3.05, 3.63) is 6.20 Å². The summed E-state index contributed by atoms with van der Waals surface area (Å²) in [5, 5.41) is 19.6. The van der Waals surface area contributed by atoms with Crippen LogP contribution < -0.4 is 5.32 Å². The van der Waals surface area contributed by atoms with Gasteiger partial charge in [-0.25, -0.2) is 4.68 Å². The van der Waals surface area contributed by atoms with Gasteiger partial charge >= 0.3 is 0 Å². The summed E-state index contributed by atoms with van der Waals surface area (Å²) in [6.45, 7) is 2.46. The van der Waals surface area contributed by atoms with E-state index in [1.54, 1.807) is 11.8 Å². The Morgan fingerprint density at radius 3 is 3.00 bits per heavy atom. The molecule has 0 radical (unpaired) electrons. The van der Waals surface area contributed by atoms with Crippen LogP contribution in [0.25, 0.3) is 0 Å². The number of rotatable bonds is 5. The second-order valence-electron chi connectivity index (χ2n) is 5.12. The van der Waals surface area contributed by atoms with Gasteiger partial charge in [-0.1, -0.05) is 12.1 Å². The fraction of sp³-hybridized carbons (Fsp3) is 0.692. The highest BCUT2D eigenvalue weighted by Gasteiger charge is 2.26. The standard InChI is InChI=1S/C13H21N5O3/c1-2-12(20)14-11-7-17(16-15-11)8-13(21)18-6-4-3-5-10(18)9-19/h7,10,19H,2-6,8-9H2,1H3,(H,14,20). The first kappa shape index (κ1) is 15.4. The normalized spacial score (nSPS) is 18.6. The zero-order valence-corrected chi connectivity index (χ0v) is 12.2. The van der Waals surface area contributed by atoms with E-state index in [2.05, 4.69) is 15.6 Å². The number of nitrogens with zero attached hydrogens (tertiary/aromatic N) is 4. The van der Waals surface area contributed by atoms with Crippen molar-refractivity contribution in [3.63, 3.8) is 0 Å². The van der Waals surface area contributed by atoms with E-state index < -0.39 is 0 Å². The highest BCUT2D eigenvalue weighted by molar-refractivity contribution is 5.89. The van der Waals surface area contributed by atoms with Crippen LogP contribution in [0.1, 0.15) is 32.6 Å². The largest absolute Gasteiger partial charge is 0.394 e. The molecule has 0 aromatic carbocycles. The number of aromatic nitrogens is 3. The molecule has 116 valence electrons. The van der Waals surface area contributed by atoms with Crippen molar-refractivity contribution in [2.45, 2.75) is 45.2 Å². The molecule has 1 aromatic rings. The maximum absolute atomic E-state index is 12.3. The van der Waals surface area contributed by atoms with Crippen LogP contribution in [0.4, 0.5) is 5.82 Å². The first-order valence-corrected chi connectivity index (χ1v) is 7.24. The van der Waals surface area contributed by atoms with Crippen molar-refractivity contribution < 1.29 is 14.7 Å². The molecule has 1 aliphatic heterocycles. The first-order chi connectivity index (χ1) is 10.1. The van der Waals surface area contributed by atoms with Crippen molar-refractivity contribution in [1.29, 1.82) is 0 Å². The van der Waals surface area contributed by atoms with Gasteiger partial charge in [-0.3, -0.25) is 9.59 Å². The summed E-state index contributed by atoms with van der Waals surface area (Å²) in [4.78, 5) is 25.2. The molecular formula is C13H21N5O3. The summed E-state index contributed by atoms with van der Waals surface area (Å²) in [5.74, 6) is 0.101. The SMILES string of the molecule is CCC(=O)Nc1cn(CC(=O)N2CCCCC2CO)nn1. The Bertz CT molecular complexity index is 502. The highest BCUT2D eigenvalue weighted by Crippen LogP contribution is 2.17. The highest BCUT2D eigenvalue weighted by atomic mass is 16.3. The lowest BCUT2D eigenvalue weighted by Gasteiger charge is -2.34. The van der Waals surface area contributed by atoms with Crippen LogP contribution in [-0.4, -0.2) is 56.0 Å².